The van der Waals surface area contributed by atoms with Crippen LogP contribution >= 0.6 is 46.3 Å². The standard InChI is InChI=1S/C26H21Cl2N3O3S2/c1-15(24(32)31-26-30-23(14-35-26)16-6-11-21(27)22(28)13-16)36-20-9-7-18(8-10-20)29-25(33)17-4-3-5-19(12-17)34-2/h3-15H,1-2H3,(H,29,33)(H,30,31,32). The topological polar surface area (TPSA) is 80.3 Å². The molecule has 1 unspecified atom stereocenters. The van der Waals surface area contributed by atoms with E-state index in [1.807, 2.05) is 30.5 Å². The molecule has 1 atom stereocenters. The van der Waals surface area contributed by atoms with E-state index in [2.05, 4.69) is 15.6 Å². The van der Waals surface area contributed by atoms with Crippen molar-refractivity contribution in [1.29, 1.82) is 0 Å². The Balaban J connectivity index is 1.32. The van der Waals surface area contributed by atoms with Crippen LogP contribution in [0.5, 0.6) is 5.75 Å². The maximum absolute atomic E-state index is 12.7. The van der Waals surface area contributed by atoms with Gasteiger partial charge < -0.3 is 15.4 Å². The largest absolute Gasteiger partial charge is 0.497 e. The van der Waals surface area contributed by atoms with Gasteiger partial charge in [0.25, 0.3) is 5.91 Å². The monoisotopic (exact) mass is 557 g/mol. The lowest BCUT2D eigenvalue weighted by molar-refractivity contribution is -0.115. The minimum atomic E-state index is -0.362. The molecule has 2 N–H and O–H groups in total. The van der Waals surface area contributed by atoms with Crippen LogP contribution < -0.4 is 15.4 Å². The quantitative estimate of drug-likeness (QED) is 0.219. The average Bonchev–Trinajstić information content (AvgIpc) is 3.35. The van der Waals surface area contributed by atoms with Crippen molar-refractivity contribution < 1.29 is 14.3 Å². The van der Waals surface area contributed by atoms with Gasteiger partial charge in [0.15, 0.2) is 5.13 Å². The molecule has 184 valence electrons. The molecule has 0 saturated carbocycles. The summed E-state index contributed by atoms with van der Waals surface area (Å²) in [6.07, 6.45) is 0. The van der Waals surface area contributed by atoms with Crippen molar-refractivity contribution in [1.82, 2.24) is 4.98 Å². The first kappa shape index (κ1) is 26.0. The highest BCUT2D eigenvalue weighted by atomic mass is 35.5. The molecule has 0 radical (unpaired) electrons. The van der Waals surface area contributed by atoms with Gasteiger partial charge in [-0.2, -0.15) is 0 Å². The highest BCUT2D eigenvalue weighted by Crippen LogP contribution is 2.31. The fourth-order valence-electron chi connectivity index (χ4n) is 3.17. The van der Waals surface area contributed by atoms with Gasteiger partial charge in [-0.25, -0.2) is 4.98 Å². The Kier molecular flexibility index (Phi) is 8.53. The summed E-state index contributed by atoms with van der Waals surface area (Å²) < 4.78 is 5.17. The average molecular weight is 559 g/mol. The van der Waals surface area contributed by atoms with Crippen LogP contribution in [0, 0.1) is 0 Å². The minimum absolute atomic E-state index is 0.162. The number of thiazole rings is 1. The Hall–Kier alpha value is -3.04. The maximum atomic E-state index is 12.7. The van der Waals surface area contributed by atoms with Crippen LogP contribution in [0.1, 0.15) is 17.3 Å². The first-order valence-corrected chi connectivity index (χ1v) is 13.3. The number of aromatic nitrogens is 1. The molecular weight excluding hydrogens is 537 g/mol. The normalized spacial score (nSPS) is 11.6. The second kappa shape index (κ2) is 11.8. The molecule has 0 fully saturated rings. The van der Waals surface area contributed by atoms with Gasteiger partial charge in [0.2, 0.25) is 5.91 Å². The number of carbonyl (C=O) groups is 2. The van der Waals surface area contributed by atoms with Gasteiger partial charge in [0, 0.05) is 27.1 Å². The molecule has 10 heteroatoms. The third kappa shape index (κ3) is 6.59. The van der Waals surface area contributed by atoms with Crippen LogP contribution in [0.4, 0.5) is 10.8 Å². The number of anilines is 2. The molecule has 0 bridgehead atoms. The number of hydrogen-bond donors (Lipinski definition) is 2. The van der Waals surface area contributed by atoms with E-state index in [1.165, 1.54) is 23.1 Å². The number of carbonyl (C=O) groups excluding carboxylic acids is 2. The summed E-state index contributed by atoms with van der Waals surface area (Å²) in [5, 5.41) is 8.64. The van der Waals surface area contributed by atoms with Crippen LogP contribution in [0.3, 0.4) is 0 Å². The van der Waals surface area contributed by atoms with Crippen molar-refractivity contribution >= 4 is 68.9 Å². The van der Waals surface area contributed by atoms with Crippen LogP contribution in [-0.2, 0) is 4.79 Å². The number of methoxy groups -OCH3 is 1. The molecule has 36 heavy (non-hydrogen) atoms. The molecule has 2 amide bonds. The second-order valence-corrected chi connectivity index (χ2v) is 10.7. The second-order valence-electron chi connectivity index (χ2n) is 7.63. The molecule has 4 rings (SSSR count). The van der Waals surface area contributed by atoms with Gasteiger partial charge in [-0.3, -0.25) is 9.59 Å². The Morgan fingerprint density at radius 2 is 1.78 bits per heavy atom. The molecule has 0 aliphatic rings. The molecule has 0 spiro atoms. The molecule has 0 saturated heterocycles. The van der Waals surface area contributed by atoms with Crippen molar-refractivity contribution in [2.45, 2.75) is 17.1 Å². The van der Waals surface area contributed by atoms with Crippen LogP contribution in [0.25, 0.3) is 11.3 Å². The predicted octanol–water partition coefficient (Wildman–Crippen LogP) is 7.50. The molecule has 0 aliphatic carbocycles. The summed E-state index contributed by atoms with van der Waals surface area (Å²) in [6.45, 7) is 1.83. The fourth-order valence-corrected chi connectivity index (χ4v) is 5.06. The van der Waals surface area contributed by atoms with Crippen molar-refractivity contribution in [2.24, 2.45) is 0 Å². The Bertz CT molecular complexity index is 1390. The number of hydrogen-bond acceptors (Lipinski definition) is 6. The first-order valence-electron chi connectivity index (χ1n) is 10.8. The summed E-state index contributed by atoms with van der Waals surface area (Å²) in [5.41, 5.74) is 2.69. The Morgan fingerprint density at radius 1 is 1.00 bits per heavy atom. The number of nitrogens with zero attached hydrogens (tertiary/aromatic N) is 1. The van der Waals surface area contributed by atoms with Crippen LogP contribution in [0.2, 0.25) is 10.0 Å². The van der Waals surface area contributed by atoms with Gasteiger partial charge in [0.05, 0.1) is 28.1 Å². The molecule has 0 aliphatic heterocycles. The zero-order chi connectivity index (χ0) is 25.7. The third-order valence-corrected chi connectivity index (χ3v) is 7.68. The number of benzene rings is 3. The molecule has 4 aromatic rings. The number of ether oxygens (including phenoxy) is 1. The lowest BCUT2D eigenvalue weighted by Gasteiger charge is -2.11. The Labute approximate surface area is 227 Å². The third-order valence-electron chi connectivity index (χ3n) is 5.08. The summed E-state index contributed by atoms with van der Waals surface area (Å²) in [6, 6.07) is 19.6. The van der Waals surface area contributed by atoms with E-state index in [4.69, 9.17) is 27.9 Å². The fraction of sp³-hybridized carbons (Fsp3) is 0.115. The summed E-state index contributed by atoms with van der Waals surface area (Å²) in [7, 11) is 1.56. The maximum Gasteiger partial charge on any atom is 0.255 e. The zero-order valence-corrected chi connectivity index (χ0v) is 22.4. The van der Waals surface area contributed by atoms with Crippen molar-refractivity contribution in [3.8, 4) is 17.0 Å². The number of nitrogens with one attached hydrogen (secondary N) is 2. The number of amides is 2. The molecule has 6 nitrogen and oxygen atoms in total. The Morgan fingerprint density at radius 3 is 2.50 bits per heavy atom. The number of thioether (sulfide) groups is 1. The number of rotatable bonds is 8. The van der Waals surface area contributed by atoms with E-state index < -0.39 is 0 Å². The zero-order valence-electron chi connectivity index (χ0n) is 19.2. The van der Waals surface area contributed by atoms with Crippen molar-refractivity contribution in [2.75, 3.05) is 17.7 Å². The molecule has 1 heterocycles. The first-order chi connectivity index (χ1) is 17.3. The van der Waals surface area contributed by atoms with Gasteiger partial charge >= 0.3 is 0 Å². The summed E-state index contributed by atoms with van der Waals surface area (Å²) in [4.78, 5) is 30.6. The van der Waals surface area contributed by atoms with Gasteiger partial charge in [-0.05, 0) is 61.5 Å². The smallest absolute Gasteiger partial charge is 0.255 e. The van der Waals surface area contributed by atoms with Gasteiger partial charge in [-0.15, -0.1) is 23.1 Å². The lowest BCUT2D eigenvalue weighted by Crippen LogP contribution is -2.22. The SMILES string of the molecule is COc1cccc(C(=O)Nc2ccc(SC(C)C(=O)Nc3nc(-c4ccc(Cl)c(Cl)c4)cs3)cc2)c1. The van der Waals surface area contributed by atoms with Gasteiger partial charge in [-0.1, -0.05) is 35.3 Å². The predicted molar refractivity (Wildman–Crippen MR) is 149 cm³/mol. The highest BCUT2D eigenvalue weighted by molar-refractivity contribution is 8.00. The van der Waals surface area contributed by atoms with Crippen LogP contribution in [-0.4, -0.2) is 29.2 Å². The molecule has 1 aromatic heterocycles. The van der Waals surface area contributed by atoms with E-state index in [-0.39, 0.29) is 17.1 Å². The van der Waals surface area contributed by atoms with E-state index in [0.29, 0.717) is 37.9 Å². The summed E-state index contributed by atoms with van der Waals surface area (Å²) >= 11 is 14.8. The van der Waals surface area contributed by atoms with E-state index in [1.54, 1.807) is 55.6 Å². The molecular formula is C26H21Cl2N3O3S2. The minimum Gasteiger partial charge on any atom is -0.497 e. The van der Waals surface area contributed by atoms with Crippen LogP contribution in [0.15, 0.2) is 77.0 Å². The van der Waals surface area contributed by atoms with E-state index >= 15 is 0 Å². The lowest BCUT2D eigenvalue weighted by atomic mass is 10.2. The van der Waals surface area contributed by atoms with Crippen molar-refractivity contribution in [3.63, 3.8) is 0 Å². The number of halogens is 2. The summed E-state index contributed by atoms with van der Waals surface area (Å²) in [5.74, 6) is 0.223. The molecule has 3 aromatic carbocycles. The van der Waals surface area contributed by atoms with E-state index in [9.17, 15) is 9.59 Å². The highest BCUT2D eigenvalue weighted by Gasteiger charge is 2.17. The van der Waals surface area contributed by atoms with E-state index in [0.717, 1.165) is 10.5 Å². The van der Waals surface area contributed by atoms with Crippen molar-refractivity contribution in [3.05, 3.63) is 87.7 Å². The van der Waals surface area contributed by atoms with Gasteiger partial charge in [0.1, 0.15) is 5.75 Å².